The van der Waals surface area contributed by atoms with Crippen LogP contribution in [0.2, 0.25) is 0 Å². The van der Waals surface area contributed by atoms with E-state index in [4.69, 9.17) is 14.2 Å². The molecule has 1 aromatic heterocycles. The van der Waals surface area contributed by atoms with Gasteiger partial charge in [0.15, 0.2) is 19.2 Å². The van der Waals surface area contributed by atoms with E-state index in [1.54, 1.807) is 17.4 Å². The van der Waals surface area contributed by atoms with Gasteiger partial charge in [0.05, 0.1) is 11.6 Å². The minimum Gasteiger partial charge on any atom is -0.777 e. The number of aromatic nitrogens is 2. The Morgan fingerprint density at radius 2 is 1.78 bits per heavy atom. The molecular formula is C30H40BN6O11P2-. The van der Waals surface area contributed by atoms with Gasteiger partial charge in [-0.3, -0.25) is 28.8 Å². The quantitative estimate of drug-likeness (QED) is 0.0858. The van der Waals surface area contributed by atoms with E-state index >= 15 is 0 Å². The van der Waals surface area contributed by atoms with Gasteiger partial charge in [0.2, 0.25) is 5.91 Å². The third kappa shape index (κ3) is 11.0. The molecule has 2 aromatic rings. The second-order valence-electron chi connectivity index (χ2n) is 12.3. The fraction of sp³-hybridized carbons (Fsp3) is 0.500. The molecule has 270 valence electrons. The van der Waals surface area contributed by atoms with Crippen LogP contribution in [-0.2, 0) is 28.0 Å². The maximum absolute atomic E-state index is 13.8. The van der Waals surface area contributed by atoms with Crippen LogP contribution in [0.3, 0.4) is 0 Å². The molecule has 20 heteroatoms. The normalized spacial score (nSPS) is 22.1. The van der Waals surface area contributed by atoms with Gasteiger partial charge in [-0.05, 0) is 43.4 Å². The highest BCUT2D eigenvalue weighted by Gasteiger charge is 2.66. The molecular weight excluding hydrogens is 693 g/mol. The van der Waals surface area contributed by atoms with Gasteiger partial charge in [-0.1, -0.05) is 43.9 Å². The molecule has 2 aliphatic rings. The first-order valence-corrected chi connectivity index (χ1v) is 19.2. The fourth-order valence-electron chi connectivity index (χ4n) is 5.67. The Morgan fingerprint density at radius 3 is 2.34 bits per heavy atom. The smallest absolute Gasteiger partial charge is 0.484 e. The number of carbonyl (C=O) groups excluding carboxylic acids is 3. The zero-order valence-electron chi connectivity index (χ0n) is 27.5. The molecule has 0 radical (unpaired) electrons. The van der Waals surface area contributed by atoms with E-state index in [0.29, 0.717) is 31.6 Å². The Kier molecular flexibility index (Phi) is 13.5. The zero-order valence-corrected chi connectivity index (χ0v) is 29.3. The van der Waals surface area contributed by atoms with Gasteiger partial charge in [0.25, 0.3) is 11.8 Å². The van der Waals surface area contributed by atoms with Gasteiger partial charge in [-0.25, -0.2) is 4.98 Å². The zero-order chi connectivity index (χ0) is 36.5. The predicted molar refractivity (Wildman–Crippen MR) is 178 cm³/mol. The van der Waals surface area contributed by atoms with Crippen LogP contribution in [0, 0.1) is 23.7 Å². The molecule has 4 rings (SSSR count). The van der Waals surface area contributed by atoms with Crippen LogP contribution < -0.4 is 20.8 Å². The maximum Gasteiger partial charge on any atom is 0.484 e. The maximum atomic E-state index is 13.8. The Morgan fingerprint density at radius 1 is 1.10 bits per heavy atom. The highest BCUT2D eigenvalue weighted by atomic mass is 31.2. The molecule has 50 heavy (non-hydrogen) atoms. The molecule has 1 saturated heterocycles. The fourth-order valence-corrected chi connectivity index (χ4v) is 7.81. The Bertz CT molecular complexity index is 1620. The topological polar surface area (TPSA) is 253 Å². The monoisotopic (exact) mass is 733 g/mol. The third-order valence-electron chi connectivity index (χ3n) is 8.26. The van der Waals surface area contributed by atoms with E-state index in [9.17, 15) is 38.2 Å². The molecule has 3 unspecified atom stereocenters. The lowest BCUT2D eigenvalue weighted by atomic mass is 9.71. The summed E-state index contributed by atoms with van der Waals surface area (Å²) in [6.45, 7) is 5.65. The summed E-state index contributed by atoms with van der Waals surface area (Å²) < 4.78 is 35.0. The number of hydrogen-bond donors (Lipinski definition) is 6. The number of rotatable bonds is 13. The van der Waals surface area contributed by atoms with Crippen LogP contribution in [0.25, 0.3) is 0 Å². The highest BCUT2D eigenvalue weighted by Crippen LogP contribution is 2.56. The van der Waals surface area contributed by atoms with E-state index in [0.717, 1.165) is 0 Å². The summed E-state index contributed by atoms with van der Waals surface area (Å²) in [6, 6.07) is 7.77. The van der Waals surface area contributed by atoms with E-state index in [2.05, 4.69) is 32.4 Å². The summed E-state index contributed by atoms with van der Waals surface area (Å²) in [6.07, 6.45) is 4.59. The van der Waals surface area contributed by atoms with E-state index in [1.165, 1.54) is 18.6 Å². The first kappa shape index (κ1) is 39.3. The SMILES string of the molecule is CC(C)[C@@H]1C[C@@]1(NC(=O)C(C#Cc1ccccc1)NC(=O)c1cnccn1)B1OCCN(CCCC(=O)NC(P(=O)([O-])O)P(=O)(O)O)CCO1. The molecule has 1 aliphatic carbocycles. The van der Waals surface area contributed by atoms with Gasteiger partial charge in [-0.2, -0.15) is 0 Å². The second kappa shape index (κ2) is 17.2. The van der Waals surface area contributed by atoms with Crippen LogP contribution in [0.1, 0.15) is 49.2 Å². The van der Waals surface area contributed by atoms with Crippen molar-refractivity contribution in [2.45, 2.75) is 50.1 Å². The van der Waals surface area contributed by atoms with Crippen molar-refractivity contribution in [2.24, 2.45) is 11.8 Å². The molecule has 5 atom stereocenters. The number of benzene rings is 1. The van der Waals surface area contributed by atoms with Gasteiger partial charge in [0.1, 0.15) is 5.69 Å². The van der Waals surface area contributed by atoms with Crippen molar-refractivity contribution < 1.29 is 52.4 Å². The minimum atomic E-state index is -5.54. The summed E-state index contributed by atoms with van der Waals surface area (Å²) in [5.74, 6) is 3.86. The van der Waals surface area contributed by atoms with Crippen molar-refractivity contribution in [3.8, 4) is 11.8 Å². The molecule has 17 nitrogen and oxygen atoms in total. The van der Waals surface area contributed by atoms with Gasteiger partial charge >= 0.3 is 14.7 Å². The second-order valence-corrected chi connectivity index (χ2v) is 16.1. The lowest BCUT2D eigenvalue weighted by molar-refractivity contribution is -0.195. The number of nitrogens with zero attached hydrogens (tertiary/aromatic N) is 3. The number of carbonyl (C=O) groups is 3. The Hall–Kier alpha value is -3.49. The average Bonchev–Trinajstić information content (AvgIpc) is 3.77. The van der Waals surface area contributed by atoms with Crippen molar-refractivity contribution in [3.63, 3.8) is 0 Å². The molecule has 1 aromatic carbocycles. The molecule has 1 saturated carbocycles. The summed E-state index contributed by atoms with van der Waals surface area (Å²) in [5, 5.41) is 7.44. The van der Waals surface area contributed by atoms with Crippen molar-refractivity contribution in [1.82, 2.24) is 30.8 Å². The van der Waals surface area contributed by atoms with Crippen LogP contribution >= 0.6 is 15.2 Å². The summed E-state index contributed by atoms with van der Waals surface area (Å²) >= 11 is 0. The van der Waals surface area contributed by atoms with Crippen molar-refractivity contribution >= 4 is 40.0 Å². The predicted octanol–water partition coefficient (Wildman–Crippen LogP) is -0.563. The number of nitrogens with one attached hydrogen (secondary N) is 3. The van der Waals surface area contributed by atoms with Gasteiger partial charge in [0, 0.05) is 50.7 Å². The van der Waals surface area contributed by atoms with Crippen molar-refractivity contribution in [3.05, 3.63) is 60.2 Å². The third-order valence-corrected chi connectivity index (χ3v) is 11.5. The number of amides is 3. The lowest BCUT2D eigenvalue weighted by Crippen LogP contribution is -2.59. The summed E-state index contributed by atoms with van der Waals surface area (Å²) in [5.41, 5.74) is -2.93. The van der Waals surface area contributed by atoms with Gasteiger partial charge < -0.3 is 49.4 Å². The van der Waals surface area contributed by atoms with Crippen LogP contribution in [0.15, 0.2) is 48.9 Å². The lowest BCUT2D eigenvalue weighted by Gasteiger charge is -2.32. The molecule has 2 heterocycles. The minimum absolute atomic E-state index is 0.00392. The first-order chi connectivity index (χ1) is 23.6. The largest absolute Gasteiger partial charge is 0.777 e. The van der Waals surface area contributed by atoms with E-state index < -0.39 is 57.0 Å². The van der Waals surface area contributed by atoms with E-state index in [1.807, 2.05) is 36.9 Å². The standard InChI is InChI=1S/C30H41BN6O11P2/c1-21(2)23-19-30(23,36-28(40)24(11-10-22-7-4-3-5-8-22)34-27(39)25-20-32-12-13-33-25)31-47-17-15-37(16-18-48-31)14-6-9-26(38)35-29(49(41,42)43)50(44,45)46/h3-5,7-8,12-13,20-21,23-24,29H,6,9,14-19H2,1-2H3,(H,34,39)(H,35,38)(H,36,40)(H2,41,42,43)(H2,44,45,46)/p-1/t23-,24?,30-/m0/s1. The van der Waals surface area contributed by atoms with Crippen molar-refractivity contribution in [1.29, 1.82) is 0 Å². The molecule has 3 amide bonds. The van der Waals surface area contributed by atoms with Crippen LogP contribution in [-0.4, -0.2) is 104 Å². The molecule has 1 aliphatic heterocycles. The first-order valence-electron chi connectivity index (χ1n) is 15.9. The molecule has 6 N–H and O–H groups in total. The Balaban J connectivity index is 1.38. The van der Waals surface area contributed by atoms with E-state index in [-0.39, 0.29) is 43.6 Å². The summed E-state index contributed by atoms with van der Waals surface area (Å²) in [7, 11) is -11.7. The number of hydrogen-bond acceptors (Lipinski definition) is 11. The van der Waals surface area contributed by atoms with Crippen LogP contribution in [0.4, 0.5) is 0 Å². The molecule has 0 spiro atoms. The van der Waals surface area contributed by atoms with Crippen molar-refractivity contribution in [2.75, 3.05) is 32.8 Å². The van der Waals surface area contributed by atoms with Crippen LogP contribution in [0.5, 0.6) is 0 Å². The average molecular weight is 733 g/mol. The molecule has 2 fully saturated rings. The molecule has 0 bridgehead atoms. The summed E-state index contributed by atoms with van der Waals surface area (Å²) in [4.78, 5) is 87.6. The Labute approximate surface area is 289 Å². The highest BCUT2D eigenvalue weighted by molar-refractivity contribution is 7.70. The van der Waals surface area contributed by atoms with Gasteiger partial charge in [-0.15, -0.1) is 0 Å².